The number of rotatable bonds is 10. The summed E-state index contributed by atoms with van der Waals surface area (Å²) in [5.41, 5.74) is 0.849. The number of nitrogens with zero attached hydrogens (tertiary/aromatic N) is 2. The van der Waals surface area contributed by atoms with Crippen molar-refractivity contribution in [3.05, 3.63) is 92.9 Å². The van der Waals surface area contributed by atoms with Crippen molar-refractivity contribution in [2.45, 2.75) is 62.6 Å². The molecule has 41 heavy (non-hydrogen) atoms. The molecule has 3 aromatic rings. The molecule has 11 heteroatoms. The molecule has 0 radical (unpaired) electrons. The zero-order valence-corrected chi connectivity index (χ0v) is 26.5. The summed E-state index contributed by atoms with van der Waals surface area (Å²) < 4.78 is 29.6. The largest absolute Gasteiger partial charge is 0.352 e. The third kappa shape index (κ3) is 7.83. The van der Waals surface area contributed by atoms with Gasteiger partial charge >= 0.3 is 0 Å². The Morgan fingerprint density at radius 2 is 1.66 bits per heavy atom. The van der Waals surface area contributed by atoms with Gasteiger partial charge in [0.2, 0.25) is 11.8 Å². The monoisotopic (exact) mass is 679 g/mol. The lowest BCUT2D eigenvalue weighted by atomic mass is 9.95. The van der Waals surface area contributed by atoms with Crippen LogP contribution in [0.2, 0.25) is 10.0 Å². The quantitative estimate of drug-likeness (QED) is 0.255. The summed E-state index contributed by atoms with van der Waals surface area (Å²) in [6.07, 6.45) is 5.04. The van der Waals surface area contributed by atoms with Crippen LogP contribution in [0.5, 0.6) is 0 Å². The Labute approximate surface area is 260 Å². The summed E-state index contributed by atoms with van der Waals surface area (Å²) in [5.74, 6) is -0.842. The number of hydrogen-bond acceptors (Lipinski definition) is 4. The van der Waals surface area contributed by atoms with Crippen molar-refractivity contribution in [3.63, 3.8) is 0 Å². The van der Waals surface area contributed by atoms with Gasteiger partial charge in [0, 0.05) is 17.1 Å². The van der Waals surface area contributed by atoms with E-state index in [1.54, 1.807) is 37.3 Å². The lowest BCUT2D eigenvalue weighted by Crippen LogP contribution is -2.53. The normalized spacial score (nSPS) is 14.7. The van der Waals surface area contributed by atoms with E-state index in [2.05, 4.69) is 21.2 Å². The number of sulfonamides is 1. The standard InChI is InChI=1S/C30H32BrCl2N3O4S/c1-21(30(38)34-24-12-4-2-5-13-24)35(19-22-10-8-11-23(31)18-22)28(37)20-36(27-17-9-16-26(32)29(27)33)41(39,40)25-14-6-3-7-15-25/h3,6-11,14-18,21,24H,2,4-5,12-13,19-20H2,1H3,(H,34,38)/t21-/m0/s1. The van der Waals surface area contributed by atoms with E-state index in [1.165, 1.54) is 23.1 Å². The minimum atomic E-state index is -4.24. The van der Waals surface area contributed by atoms with Crippen LogP contribution in [-0.4, -0.2) is 43.8 Å². The van der Waals surface area contributed by atoms with E-state index in [0.29, 0.717) is 0 Å². The predicted octanol–water partition coefficient (Wildman–Crippen LogP) is 6.82. The second-order valence-electron chi connectivity index (χ2n) is 10.1. The fourth-order valence-electron chi connectivity index (χ4n) is 4.90. The minimum Gasteiger partial charge on any atom is -0.352 e. The van der Waals surface area contributed by atoms with Gasteiger partial charge in [-0.1, -0.05) is 94.8 Å². The van der Waals surface area contributed by atoms with Crippen molar-refractivity contribution in [2.75, 3.05) is 10.8 Å². The van der Waals surface area contributed by atoms with Crippen molar-refractivity contribution in [3.8, 4) is 0 Å². The van der Waals surface area contributed by atoms with E-state index < -0.39 is 28.5 Å². The highest BCUT2D eigenvalue weighted by molar-refractivity contribution is 9.10. The van der Waals surface area contributed by atoms with Crippen LogP contribution in [0.15, 0.2) is 82.2 Å². The van der Waals surface area contributed by atoms with Gasteiger partial charge in [-0.3, -0.25) is 13.9 Å². The van der Waals surface area contributed by atoms with E-state index in [-0.39, 0.29) is 39.1 Å². The Morgan fingerprint density at radius 1 is 0.976 bits per heavy atom. The molecular formula is C30H32BrCl2N3O4S. The highest BCUT2D eigenvalue weighted by Crippen LogP contribution is 2.35. The summed E-state index contributed by atoms with van der Waals surface area (Å²) >= 11 is 16.2. The molecule has 0 bridgehead atoms. The van der Waals surface area contributed by atoms with Crippen LogP contribution in [-0.2, 0) is 26.2 Å². The Balaban J connectivity index is 1.70. The van der Waals surface area contributed by atoms with Crippen molar-refractivity contribution >= 4 is 66.7 Å². The molecule has 2 amide bonds. The molecule has 1 saturated carbocycles. The van der Waals surface area contributed by atoms with Gasteiger partial charge in [0.15, 0.2) is 0 Å². The average Bonchev–Trinajstić information content (AvgIpc) is 2.97. The predicted molar refractivity (Wildman–Crippen MR) is 167 cm³/mol. The smallest absolute Gasteiger partial charge is 0.264 e. The number of amides is 2. The van der Waals surface area contributed by atoms with Crippen LogP contribution in [0, 0.1) is 0 Å². The Morgan fingerprint density at radius 3 is 2.34 bits per heavy atom. The van der Waals surface area contributed by atoms with Crippen molar-refractivity contribution in [1.29, 1.82) is 0 Å². The highest BCUT2D eigenvalue weighted by Gasteiger charge is 2.34. The summed E-state index contributed by atoms with van der Waals surface area (Å²) in [6, 6.07) is 19.0. The Hall–Kier alpha value is -2.59. The molecule has 0 unspecified atom stereocenters. The molecular weight excluding hydrogens is 649 g/mol. The van der Waals surface area contributed by atoms with Crippen molar-refractivity contribution < 1.29 is 18.0 Å². The summed E-state index contributed by atoms with van der Waals surface area (Å²) in [4.78, 5) is 28.9. The maximum Gasteiger partial charge on any atom is 0.264 e. The van der Waals surface area contributed by atoms with Crippen molar-refractivity contribution in [2.24, 2.45) is 0 Å². The number of carbonyl (C=O) groups is 2. The molecule has 1 fully saturated rings. The summed E-state index contributed by atoms with van der Waals surface area (Å²) in [7, 11) is -4.24. The van der Waals surface area contributed by atoms with Gasteiger partial charge in [-0.15, -0.1) is 0 Å². The SMILES string of the molecule is C[C@@H](C(=O)NC1CCCCC1)N(Cc1cccc(Br)c1)C(=O)CN(c1cccc(Cl)c1Cl)S(=O)(=O)c1ccccc1. The van der Waals surface area contributed by atoms with Gasteiger partial charge in [0.1, 0.15) is 12.6 Å². The van der Waals surface area contributed by atoms with Crippen molar-refractivity contribution in [1.82, 2.24) is 10.2 Å². The van der Waals surface area contributed by atoms with Gasteiger partial charge in [0.05, 0.1) is 20.6 Å². The molecule has 1 aliphatic rings. The van der Waals surface area contributed by atoms with E-state index in [4.69, 9.17) is 23.2 Å². The molecule has 0 spiro atoms. The Bertz CT molecular complexity index is 1480. The number of anilines is 1. The fraction of sp³-hybridized carbons (Fsp3) is 0.333. The van der Waals surface area contributed by atoms with Crippen LogP contribution >= 0.6 is 39.1 Å². The van der Waals surface area contributed by atoms with Gasteiger partial charge in [-0.05, 0) is 61.7 Å². The number of nitrogens with one attached hydrogen (secondary N) is 1. The first-order chi connectivity index (χ1) is 19.6. The van der Waals surface area contributed by atoms with Crippen LogP contribution in [0.25, 0.3) is 0 Å². The molecule has 0 heterocycles. The number of hydrogen-bond donors (Lipinski definition) is 1. The molecule has 1 aliphatic carbocycles. The lowest BCUT2D eigenvalue weighted by Gasteiger charge is -2.33. The molecule has 3 aromatic carbocycles. The maximum absolute atomic E-state index is 14.1. The topological polar surface area (TPSA) is 86.8 Å². The first kappa shape index (κ1) is 31.3. The Kier molecular flexibility index (Phi) is 10.7. The average molecular weight is 681 g/mol. The summed E-state index contributed by atoms with van der Waals surface area (Å²) in [6.45, 7) is 1.17. The minimum absolute atomic E-state index is 0.00287. The molecule has 1 N–H and O–H groups in total. The number of halogens is 3. The third-order valence-electron chi connectivity index (χ3n) is 7.17. The van der Waals surface area contributed by atoms with Gasteiger partial charge in [-0.25, -0.2) is 8.42 Å². The second-order valence-corrected chi connectivity index (χ2v) is 13.6. The van der Waals surface area contributed by atoms with Crippen LogP contribution in [0.3, 0.4) is 0 Å². The van der Waals surface area contributed by atoms with Crippen LogP contribution in [0.4, 0.5) is 5.69 Å². The molecule has 0 aliphatic heterocycles. The first-order valence-corrected chi connectivity index (χ1v) is 16.4. The lowest BCUT2D eigenvalue weighted by molar-refractivity contribution is -0.139. The zero-order valence-electron chi connectivity index (χ0n) is 22.6. The number of carbonyl (C=O) groups excluding carboxylic acids is 2. The van der Waals surface area contributed by atoms with Gasteiger partial charge < -0.3 is 10.2 Å². The first-order valence-electron chi connectivity index (χ1n) is 13.4. The van der Waals surface area contributed by atoms with E-state index in [1.807, 2.05) is 24.3 Å². The van der Waals surface area contributed by atoms with Gasteiger partial charge in [0.25, 0.3) is 10.0 Å². The highest BCUT2D eigenvalue weighted by atomic mass is 79.9. The maximum atomic E-state index is 14.1. The zero-order chi connectivity index (χ0) is 29.6. The second kappa shape index (κ2) is 14.1. The molecule has 4 rings (SSSR count). The molecule has 218 valence electrons. The molecule has 0 aromatic heterocycles. The summed E-state index contributed by atoms with van der Waals surface area (Å²) in [5, 5.41) is 3.25. The molecule has 0 saturated heterocycles. The van der Waals surface area contributed by atoms with E-state index in [0.717, 1.165) is 46.4 Å². The van der Waals surface area contributed by atoms with Crippen LogP contribution < -0.4 is 9.62 Å². The van der Waals surface area contributed by atoms with E-state index >= 15 is 0 Å². The van der Waals surface area contributed by atoms with Crippen LogP contribution in [0.1, 0.15) is 44.6 Å². The van der Waals surface area contributed by atoms with Gasteiger partial charge in [-0.2, -0.15) is 0 Å². The van der Waals surface area contributed by atoms with E-state index in [9.17, 15) is 18.0 Å². The molecule has 1 atom stereocenters. The molecule has 7 nitrogen and oxygen atoms in total. The fourth-order valence-corrected chi connectivity index (χ4v) is 7.24. The third-order valence-corrected chi connectivity index (χ3v) is 10.2. The number of benzene rings is 3.